The van der Waals surface area contributed by atoms with E-state index in [0.29, 0.717) is 11.1 Å². The molecule has 1 heterocycles. The van der Waals surface area contributed by atoms with Gasteiger partial charge in [0, 0.05) is 5.56 Å². The second kappa shape index (κ2) is 5.42. The zero-order valence-corrected chi connectivity index (χ0v) is 11.4. The van der Waals surface area contributed by atoms with Crippen LogP contribution < -0.4 is 4.74 Å². The summed E-state index contributed by atoms with van der Waals surface area (Å²) in [7, 11) is 1.63. The number of cyclic esters (lactones) is 1. The van der Waals surface area contributed by atoms with Crippen LogP contribution in [0.2, 0.25) is 0 Å². The maximum atomic E-state index is 11.4. The summed E-state index contributed by atoms with van der Waals surface area (Å²) in [4.78, 5) is 11.4. The van der Waals surface area contributed by atoms with E-state index in [2.05, 4.69) is 0 Å². The minimum absolute atomic E-state index is 0.420. The highest BCUT2D eigenvalue weighted by Gasteiger charge is 2.29. The highest BCUT2D eigenvalue weighted by Crippen LogP contribution is 2.29. The van der Waals surface area contributed by atoms with Gasteiger partial charge in [-0.05, 0) is 35.4 Å². The Morgan fingerprint density at radius 1 is 1.10 bits per heavy atom. The molecule has 4 heteroatoms. The summed E-state index contributed by atoms with van der Waals surface area (Å²) in [6.07, 6.45) is 2.70. The minimum atomic E-state index is -1.16. The number of carbonyl (C=O) groups is 1. The van der Waals surface area contributed by atoms with Crippen molar-refractivity contribution in [3.05, 3.63) is 64.7 Å². The predicted molar refractivity (Wildman–Crippen MR) is 78.7 cm³/mol. The Bertz CT molecular complexity index is 701. The third-order valence-corrected chi connectivity index (χ3v) is 3.36. The minimum Gasteiger partial charge on any atom is -0.497 e. The second-order valence-corrected chi connectivity index (χ2v) is 4.71. The van der Waals surface area contributed by atoms with E-state index >= 15 is 0 Å². The largest absolute Gasteiger partial charge is 0.497 e. The summed E-state index contributed by atoms with van der Waals surface area (Å²) < 4.78 is 9.86. The second-order valence-electron chi connectivity index (χ2n) is 4.71. The molecule has 3 rings (SSSR count). The summed E-state index contributed by atoms with van der Waals surface area (Å²) in [6, 6.07) is 12.9. The SMILES string of the molecule is COc1ccc(C=Cc2ccc3c(c2)C(O)OC3=O)cc1. The molecule has 1 aliphatic heterocycles. The van der Waals surface area contributed by atoms with E-state index < -0.39 is 12.3 Å². The van der Waals surface area contributed by atoms with Gasteiger partial charge in [-0.2, -0.15) is 0 Å². The Morgan fingerprint density at radius 3 is 2.48 bits per heavy atom. The molecule has 0 aromatic heterocycles. The standard InChI is InChI=1S/C17H14O4/c1-20-13-7-4-11(5-8-13)2-3-12-6-9-14-15(10-12)17(19)21-16(14)18/h2-10,17,19H,1H3. The van der Waals surface area contributed by atoms with Gasteiger partial charge in [0.15, 0.2) is 0 Å². The van der Waals surface area contributed by atoms with Crippen molar-refractivity contribution in [1.82, 2.24) is 0 Å². The van der Waals surface area contributed by atoms with Crippen LogP contribution in [0.4, 0.5) is 0 Å². The van der Waals surface area contributed by atoms with E-state index in [1.54, 1.807) is 19.2 Å². The fraction of sp³-hybridized carbons (Fsp3) is 0.118. The van der Waals surface area contributed by atoms with Gasteiger partial charge < -0.3 is 14.6 Å². The molecule has 1 aliphatic rings. The van der Waals surface area contributed by atoms with Crippen molar-refractivity contribution in [3.63, 3.8) is 0 Å². The third-order valence-electron chi connectivity index (χ3n) is 3.36. The number of hydrogen-bond donors (Lipinski definition) is 1. The van der Waals surface area contributed by atoms with Crippen LogP contribution in [-0.2, 0) is 4.74 Å². The summed E-state index contributed by atoms with van der Waals surface area (Å²) in [6.45, 7) is 0. The fourth-order valence-corrected chi connectivity index (χ4v) is 2.21. The molecule has 106 valence electrons. The lowest BCUT2D eigenvalue weighted by atomic mass is 10.0. The Hall–Kier alpha value is -2.59. The molecule has 0 fully saturated rings. The highest BCUT2D eigenvalue weighted by atomic mass is 16.6. The van der Waals surface area contributed by atoms with Crippen molar-refractivity contribution in [1.29, 1.82) is 0 Å². The number of fused-ring (bicyclic) bond motifs is 1. The monoisotopic (exact) mass is 282 g/mol. The quantitative estimate of drug-likeness (QED) is 0.694. The first-order valence-corrected chi connectivity index (χ1v) is 6.52. The third kappa shape index (κ3) is 2.66. The molecule has 0 radical (unpaired) electrons. The number of rotatable bonds is 3. The molecule has 0 spiro atoms. The molecule has 0 saturated carbocycles. The molecule has 21 heavy (non-hydrogen) atoms. The van der Waals surface area contributed by atoms with E-state index in [1.807, 2.05) is 42.5 Å². The number of esters is 1. The molecule has 0 aliphatic carbocycles. The van der Waals surface area contributed by atoms with Gasteiger partial charge in [-0.25, -0.2) is 4.79 Å². The van der Waals surface area contributed by atoms with Crippen LogP contribution in [0.1, 0.15) is 33.3 Å². The van der Waals surface area contributed by atoms with Crippen LogP contribution in [0.25, 0.3) is 12.2 Å². The molecule has 2 aromatic carbocycles. The first kappa shape index (κ1) is 13.4. The number of ether oxygens (including phenoxy) is 2. The average molecular weight is 282 g/mol. The van der Waals surface area contributed by atoms with Crippen molar-refractivity contribution in [2.45, 2.75) is 6.29 Å². The van der Waals surface area contributed by atoms with Crippen molar-refractivity contribution in [2.24, 2.45) is 0 Å². The van der Waals surface area contributed by atoms with Crippen LogP contribution in [0.3, 0.4) is 0 Å². The van der Waals surface area contributed by atoms with Crippen molar-refractivity contribution in [3.8, 4) is 5.75 Å². The van der Waals surface area contributed by atoms with Crippen LogP contribution in [0.5, 0.6) is 5.75 Å². The molecule has 1 N–H and O–H groups in total. The van der Waals surface area contributed by atoms with Gasteiger partial charge in [0.25, 0.3) is 0 Å². The number of methoxy groups -OCH3 is 1. The lowest BCUT2D eigenvalue weighted by Gasteiger charge is -2.02. The summed E-state index contributed by atoms with van der Waals surface area (Å²) in [5.41, 5.74) is 2.85. The van der Waals surface area contributed by atoms with Gasteiger partial charge in [0.05, 0.1) is 12.7 Å². The molecule has 4 nitrogen and oxygen atoms in total. The molecule has 2 aromatic rings. The van der Waals surface area contributed by atoms with Gasteiger partial charge in [0.1, 0.15) is 5.75 Å². The average Bonchev–Trinajstić information content (AvgIpc) is 2.80. The zero-order valence-electron chi connectivity index (χ0n) is 11.4. The Kier molecular flexibility index (Phi) is 3.46. The maximum absolute atomic E-state index is 11.4. The van der Waals surface area contributed by atoms with Crippen LogP contribution in [0.15, 0.2) is 42.5 Å². The number of aliphatic hydroxyl groups is 1. The molecular weight excluding hydrogens is 268 g/mol. The van der Waals surface area contributed by atoms with Gasteiger partial charge in [-0.15, -0.1) is 0 Å². The summed E-state index contributed by atoms with van der Waals surface area (Å²) in [5, 5.41) is 9.64. The van der Waals surface area contributed by atoms with Crippen LogP contribution >= 0.6 is 0 Å². The highest BCUT2D eigenvalue weighted by molar-refractivity contribution is 5.94. The molecule has 1 unspecified atom stereocenters. The number of aliphatic hydroxyl groups excluding tert-OH is 1. The van der Waals surface area contributed by atoms with Crippen LogP contribution in [0, 0.1) is 0 Å². The van der Waals surface area contributed by atoms with Crippen molar-refractivity contribution < 1.29 is 19.4 Å². The first-order chi connectivity index (χ1) is 10.2. The molecule has 1 atom stereocenters. The Balaban J connectivity index is 1.83. The molecule has 0 saturated heterocycles. The normalized spacial score (nSPS) is 16.9. The summed E-state index contributed by atoms with van der Waals surface area (Å²) in [5.74, 6) is 0.326. The summed E-state index contributed by atoms with van der Waals surface area (Å²) >= 11 is 0. The fourth-order valence-electron chi connectivity index (χ4n) is 2.21. The maximum Gasteiger partial charge on any atom is 0.341 e. The van der Waals surface area contributed by atoms with Crippen molar-refractivity contribution in [2.75, 3.05) is 7.11 Å². The van der Waals surface area contributed by atoms with Gasteiger partial charge >= 0.3 is 5.97 Å². The number of carbonyl (C=O) groups excluding carboxylic acids is 1. The van der Waals surface area contributed by atoms with Gasteiger partial charge in [0.2, 0.25) is 6.29 Å². The predicted octanol–water partition coefficient (Wildman–Crippen LogP) is 3.03. The molecule has 0 amide bonds. The van der Waals surface area contributed by atoms with Crippen molar-refractivity contribution >= 4 is 18.1 Å². The number of benzene rings is 2. The lowest BCUT2D eigenvalue weighted by molar-refractivity contribution is -0.0547. The number of hydrogen-bond acceptors (Lipinski definition) is 4. The smallest absolute Gasteiger partial charge is 0.341 e. The van der Waals surface area contributed by atoms with Gasteiger partial charge in [-0.1, -0.05) is 30.4 Å². The van der Waals surface area contributed by atoms with E-state index in [1.165, 1.54) is 0 Å². The topological polar surface area (TPSA) is 55.8 Å². The van der Waals surface area contributed by atoms with Crippen LogP contribution in [-0.4, -0.2) is 18.2 Å². The Morgan fingerprint density at radius 2 is 1.76 bits per heavy atom. The Labute approximate surface area is 122 Å². The molecule has 0 bridgehead atoms. The van der Waals surface area contributed by atoms with Gasteiger partial charge in [-0.3, -0.25) is 0 Å². The van der Waals surface area contributed by atoms with E-state index in [4.69, 9.17) is 9.47 Å². The van der Waals surface area contributed by atoms with E-state index in [9.17, 15) is 9.90 Å². The lowest BCUT2D eigenvalue weighted by Crippen LogP contribution is -1.95. The van der Waals surface area contributed by atoms with E-state index in [-0.39, 0.29) is 0 Å². The first-order valence-electron chi connectivity index (χ1n) is 6.52. The van der Waals surface area contributed by atoms with E-state index in [0.717, 1.165) is 16.9 Å². The zero-order chi connectivity index (χ0) is 14.8. The molecular formula is C17H14O4.